The van der Waals surface area contributed by atoms with Crippen LogP contribution in [0.5, 0.6) is 0 Å². The quantitative estimate of drug-likeness (QED) is 0.810. The molecule has 0 amide bonds. The van der Waals surface area contributed by atoms with Crippen LogP contribution in [0, 0.1) is 0 Å². The number of alkyl halides is 3. The minimum absolute atomic E-state index is 0.0725. The van der Waals surface area contributed by atoms with Gasteiger partial charge in [-0.3, -0.25) is 0 Å². The van der Waals surface area contributed by atoms with E-state index in [0.29, 0.717) is 18.2 Å². The van der Waals surface area contributed by atoms with Crippen molar-refractivity contribution in [3.63, 3.8) is 0 Å². The van der Waals surface area contributed by atoms with Crippen molar-refractivity contribution < 1.29 is 13.2 Å². The van der Waals surface area contributed by atoms with Crippen molar-refractivity contribution in [1.29, 1.82) is 0 Å². The normalized spacial score (nSPS) is 13.8. The number of hydrogen-bond donors (Lipinski definition) is 2. The molecule has 0 radical (unpaired) electrons. The van der Waals surface area contributed by atoms with Crippen molar-refractivity contribution in [2.24, 2.45) is 0 Å². The summed E-state index contributed by atoms with van der Waals surface area (Å²) < 4.78 is 38.4. The van der Waals surface area contributed by atoms with E-state index in [9.17, 15) is 13.2 Å². The highest BCUT2D eigenvalue weighted by Crippen LogP contribution is 2.35. The molecule has 1 rings (SSSR count). The van der Waals surface area contributed by atoms with E-state index in [-0.39, 0.29) is 10.5 Å². The van der Waals surface area contributed by atoms with Gasteiger partial charge in [-0.15, -0.1) is 0 Å². The van der Waals surface area contributed by atoms with Gasteiger partial charge in [-0.1, -0.05) is 35.8 Å². The summed E-state index contributed by atoms with van der Waals surface area (Å²) in [7, 11) is 0. The highest BCUT2D eigenvalue weighted by Gasteiger charge is 2.33. The second-order valence-corrected chi connectivity index (χ2v) is 6.01. The van der Waals surface area contributed by atoms with Crippen LogP contribution in [0.1, 0.15) is 31.9 Å². The summed E-state index contributed by atoms with van der Waals surface area (Å²) >= 11 is 2.94. The van der Waals surface area contributed by atoms with E-state index in [2.05, 4.69) is 40.4 Å². The first-order chi connectivity index (χ1) is 9.20. The smallest absolute Gasteiger partial charge is 0.313 e. The molecular weight excluding hydrogens is 333 g/mol. The topological polar surface area (TPSA) is 24.1 Å². The molecule has 0 heterocycles. The third-order valence-corrected chi connectivity index (χ3v) is 3.51. The average molecular weight is 353 g/mol. The average Bonchev–Trinajstić information content (AvgIpc) is 2.33. The SMILES string of the molecule is CC(C)NCC(C)NCc1ccc(Br)c(C(F)(F)F)c1. The first-order valence-electron chi connectivity index (χ1n) is 6.52. The van der Waals surface area contributed by atoms with E-state index in [1.54, 1.807) is 6.07 Å². The van der Waals surface area contributed by atoms with Gasteiger partial charge in [0.15, 0.2) is 0 Å². The molecule has 0 spiro atoms. The second kappa shape index (κ2) is 7.43. The number of halogens is 4. The summed E-state index contributed by atoms with van der Waals surface area (Å²) in [5.41, 5.74) is -0.0123. The Balaban J connectivity index is 2.61. The molecule has 6 heteroatoms. The lowest BCUT2D eigenvalue weighted by atomic mass is 10.1. The Kier molecular flexibility index (Phi) is 6.48. The molecule has 2 nitrogen and oxygen atoms in total. The molecule has 0 aromatic heterocycles. The van der Waals surface area contributed by atoms with Crippen LogP contribution in [0.4, 0.5) is 13.2 Å². The van der Waals surface area contributed by atoms with Crippen LogP contribution < -0.4 is 10.6 Å². The number of hydrogen-bond acceptors (Lipinski definition) is 2. The largest absolute Gasteiger partial charge is 0.417 e. The minimum Gasteiger partial charge on any atom is -0.313 e. The molecule has 0 saturated carbocycles. The van der Waals surface area contributed by atoms with Crippen LogP contribution in [0.3, 0.4) is 0 Å². The molecule has 0 saturated heterocycles. The van der Waals surface area contributed by atoms with Gasteiger partial charge in [-0.05, 0) is 24.6 Å². The summed E-state index contributed by atoms with van der Waals surface area (Å²) in [6.07, 6.45) is -4.33. The minimum atomic E-state index is -4.33. The van der Waals surface area contributed by atoms with Gasteiger partial charge >= 0.3 is 6.18 Å². The van der Waals surface area contributed by atoms with Gasteiger partial charge in [0.05, 0.1) is 5.56 Å². The predicted octanol–water partition coefficient (Wildman–Crippen LogP) is 3.94. The van der Waals surface area contributed by atoms with Crippen molar-refractivity contribution in [3.8, 4) is 0 Å². The van der Waals surface area contributed by atoms with Gasteiger partial charge in [0.1, 0.15) is 0 Å². The van der Waals surface area contributed by atoms with Gasteiger partial charge in [0.2, 0.25) is 0 Å². The zero-order chi connectivity index (χ0) is 15.3. The standard InChI is InChI=1S/C14H20BrF3N2/c1-9(2)19-7-10(3)20-8-11-4-5-13(15)12(6-11)14(16,17)18/h4-6,9-10,19-20H,7-8H2,1-3H3. The maximum Gasteiger partial charge on any atom is 0.417 e. The monoisotopic (exact) mass is 352 g/mol. The van der Waals surface area contributed by atoms with Crippen LogP contribution in [0.2, 0.25) is 0 Å². The zero-order valence-electron chi connectivity index (χ0n) is 11.8. The molecule has 1 unspecified atom stereocenters. The number of rotatable bonds is 6. The fourth-order valence-electron chi connectivity index (χ4n) is 1.68. The molecule has 1 aromatic rings. The molecule has 0 aliphatic rings. The fraction of sp³-hybridized carbons (Fsp3) is 0.571. The van der Waals surface area contributed by atoms with Crippen LogP contribution in [0.25, 0.3) is 0 Å². The van der Waals surface area contributed by atoms with Crippen LogP contribution in [0.15, 0.2) is 22.7 Å². The maximum absolute atomic E-state index is 12.8. The number of benzene rings is 1. The molecule has 0 fully saturated rings. The lowest BCUT2D eigenvalue weighted by Crippen LogP contribution is -2.38. The van der Waals surface area contributed by atoms with E-state index in [0.717, 1.165) is 6.54 Å². The first kappa shape index (κ1) is 17.5. The molecule has 1 atom stereocenters. The maximum atomic E-state index is 12.8. The Labute approximate surface area is 126 Å². The summed E-state index contributed by atoms with van der Waals surface area (Å²) in [5.74, 6) is 0. The first-order valence-corrected chi connectivity index (χ1v) is 7.32. The van der Waals surface area contributed by atoms with Crippen molar-refractivity contribution in [2.45, 2.75) is 45.6 Å². The summed E-state index contributed by atoms with van der Waals surface area (Å²) in [5, 5.41) is 6.48. The molecular formula is C14H20BrF3N2. The molecule has 0 aliphatic carbocycles. The van der Waals surface area contributed by atoms with Crippen molar-refractivity contribution in [2.75, 3.05) is 6.54 Å². The van der Waals surface area contributed by atoms with Gasteiger partial charge in [0.25, 0.3) is 0 Å². The third kappa shape index (κ3) is 5.81. The molecule has 20 heavy (non-hydrogen) atoms. The molecule has 0 aliphatic heterocycles. The summed E-state index contributed by atoms with van der Waals surface area (Å²) in [4.78, 5) is 0. The predicted molar refractivity (Wildman–Crippen MR) is 78.6 cm³/mol. The van der Waals surface area contributed by atoms with E-state index in [4.69, 9.17) is 0 Å². The lowest BCUT2D eigenvalue weighted by molar-refractivity contribution is -0.138. The molecule has 114 valence electrons. The second-order valence-electron chi connectivity index (χ2n) is 5.16. The Bertz CT molecular complexity index is 433. The van der Waals surface area contributed by atoms with Gasteiger partial charge in [-0.25, -0.2) is 0 Å². The van der Waals surface area contributed by atoms with Crippen molar-refractivity contribution >= 4 is 15.9 Å². The lowest BCUT2D eigenvalue weighted by Gasteiger charge is -2.17. The molecule has 0 bridgehead atoms. The van der Waals surface area contributed by atoms with Gasteiger partial charge in [-0.2, -0.15) is 13.2 Å². The summed E-state index contributed by atoms with van der Waals surface area (Å²) in [6, 6.07) is 4.89. The van der Waals surface area contributed by atoms with E-state index in [1.165, 1.54) is 12.1 Å². The highest BCUT2D eigenvalue weighted by atomic mass is 79.9. The Morgan fingerprint density at radius 3 is 2.35 bits per heavy atom. The van der Waals surface area contributed by atoms with E-state index in [1.807, 2.05) is 6.92 Å². The van der Waals surface area contributed by atoms with Gasteiger partial charge < -0.3 is 10.6 Å². The highest BCUT2D eigenvalue weighted by molar-refractivity contribution is 9.10. The van der Waals surface area contributed by atoms with Crippen LogP contribution >= 0.6 is 15.9 Å². The molecule has 2 N–H and O–H groups in total. The van der Waals surface area contributed by atoms with E-state index < -0.39 is 11.7 Å². The van der Waals surface area contributed by atoms with Crippen molar-refractivity contribution in [1.82, 2.24) is 10.6 Å². The Morgan fingerprint density at radius 2 is 1.80 bits per heavy atom. The Hall–Kier alpha value is -0.590. The molecule has 1 aromatic carbocycles. The summed E-state index contributed by atoms with van der Waals surface area (Å²) in [6.45, 7) is 7.30. The van der Waals surface area contributed by atoms with Crippen molar-refractivity contribution in [3.05, 3.63) is 33.8 Å². The van der Waals surface area contributed by atoms with Crippen LogP contribution in [-0.4, -0.2) is 18.6 Å². The number of nitrogens with one attached hydrogen (secondary N) is 2. The van der Waals surface area contributed by atoms with E-state index >= 15 is 0 Å². The zero-order valence-corrected chi connectivity index (χ0v) is 13.4. The van der Waals surface area contributed by atoms with Crippen LogP contribution in [-0.2, 0) is 12.7 Å². The fourth-order valence-corrected chi connectivity index (χ4v) is 2.15. The Morgan fingerprint density at radius 1 is 1.15 bits per heavy atom. The third-order valence-electron chi connectivity index (χ3n) is 2.82. The van der Waals surface area contributed by atoms with Gasteiger partial charge in [0, 0.05) is 29.6 Å².